The molecule has 1 heterocycles. The monoisotopic (exact) mass is 440 g/mol. The molecule has 0 bridgehead atoms. The minimum absolute atomic E-state index is 0.113. The van der Waals surface area contributed by atoms with E-state index in [0.717, 1.165) is 16.8 Å². The average molecular weight is 440 g/mol. The minimum Gasteiger partial charge on any atom is -0.508 e. The summed E-state index contributed by atoms with van der Waals surface area (Å²) < 4.78 is 27.2. The third kappa shape index (κ3) is 4.93. The number of phenolic OH excluding ortho intramolecular Hbond substituents is 1. The lowest BCUT2D eigenvalue weighted by atomic mass is 10.2. The first kappa shape index (κ1) is 20.2. The van der Waals surface area contributed by atoms with E-state index in [4.69, 9.17) is 0 Å². The van der Waals surface area contributed by atoms with Crippen LogP contribution in [0, 0.1) is 11.6 Å². The van der Waals surface area contributed by atoms with Crippen LogP contribution in [0.25, 0.3) is 10.2 Å². The van der Waals surface area contributed by atoms with Crippen LogP contribution in [0.4, 0.5) is 30.1 Å². The van der Waals surface area contributed by atoms with E-state index in [0.29, 0.717) is 28.1 Å². The van der Waals surface area contributed by atoms with Crippen molar-refractivity contribution >= 4 is 50.0 Å². The van der Waals surface area contributed by atoms with Gasteiger partial charge in [-0.15, -0.1) is 0 Å². The van der Waals surface area contributed by atoms with Gasteiger partial charge in [0.15, 0.2) is 5.13 Å². The number of hydrogen-bond acceptors (Lipinski definition) is 5. The Labute approximate surface area is 178 Å². The largest absolute Gasteiger partial charge is 0.508 e. The lowest BCUT2D eigenvalue weighted by molar-refractivity contribution is 0.102. The van der Waals surface area contributed by atoms with Crippen molar-refractivity contribution in [2.45, 2.75) is 0 Å². The number of halogens is 2. The highest BCUT2D eigenvalue weighted by Crippen LogP contribution is 2.28. The number of hydrogen-bond donors (Lipinski definition) is 4. The third-order valence-electron chi connectivity index (χ3n) is 4.12. The highest BCUT2D eigenvalue weighted by atomic mass is 32.1. The van der Waals surface area contributed by atoms with E-state index in [1.165, 1.54) is 29.5 Å². The Morgan fingerprint density at radius 2 is 1.48 bits per heavy atom. The maximum Gasteiger partial charge on any atom is 0.325 e. The number of phenols is 1. The fourth-order valence-electron chi connectivity index (χ4n) is 2.75. The smallest absolute Gasteiger partial charge is 0.325 e. The minimum atomic E-state index is -0.847. The second-order valence-corrected chi connectivity index (χ2v) is 7.47. The molecule has 3 aromatic carbocycles. The molecule has 31 heavy (non-hydrogen) atoms. The van der Waals surface area contributed by atoms with Crippen molar-refractivity contribution in [2.24, 2.45) is 0 Å². The third-order valence-corrected chi connectivity index (χ3v) is 5.05. The number of nitrogens with one attached hydrogen (secondary N) is 3. The van der Waals surface area contributed by atoms with Gasteiger partial charge in [0.2, 0.25) is 0 Å². The highest BCUT2D eigenvalue weighted by Gasteiger charge is 2.11. The Kier molecular flexibility index (Phi) is 5.46. The Bertz CT molecular complexity index is 1270. The van der Waals surface area contributed by atoms with Crippen LogP contribution in [-0.4, -0.2) is 22.0 Å². The zero-order valence-corrected chi connectivity index (χ0v) is 16.5. The van der Waals surface area contributed by atoms with Gasteiger partial charge in [0.1, 0.15) is 17.4 Å². The normalized spacial score (nSPS) is 10.6. The molecule has 0 atom stereocenters. The predicted molar refractivity (Wildman–Crippen MR) is 115 cm³/mol. The molecule has 0 saturated heterocycles. The number of benzene rings is 3. The fraction of sp³-hybridized carbons (Fsp3) is 0. The van der Waals surface area contributed by atoms with Crippen LogP contribution in [0.3, 0.4) is 0 Å². The van der Waals surface area contributed by atoms with Gasteiger partial charge in [-0.2, -0.15) is 0 Å². The van der Waals surface area contributed by atoms with E-state index in [1.54, 1.807) is 24.3 Å². The summed E-state index contributed by atoms with van der Waals surface area (Å²) in [6, 6.07) is 12.9. The van der Waals surface area contributed by atoms with Crippen molar-refractivity contribution in [1.82, 2.24) is 4.98 Å². The number of thiazole rings is 1. The molecule has 0 unspecified atom stereocenters. The first-order chi connectivity index (χ1) is 14.9. The van der Waals surface area contributed by atoms with Crippen molar-refractivity contribution in [2.75, 3.05) is 16.0 Å². The quantitative estimate of drug-likeness (QED) is 0.351. The maximum atomic E-state index is 13.3. The molecule has 0 saturated carbocycles. The van der Waals surface area contributed by atoms with E-state index in [-0.39, 0.29) is 11.3 Å². The van der Waals surface area contributed by atoms with Gasteiger partial charge in [-0.1, -0.05) is 11.3 Å². The second kappa shape index (κ2) is 8.36. The summed E-state index contributed by atoms with van der Waals surface area (Å²) in [6.45, 7) is 0. The molecule has 4 aromatic rings. The summed E-state index contributed by atoms with van der Waals surface area (Å²) in [6.07, 6.45) is 0. The zero-order valence-electron chi connectivity index (χ0n) is 15.6. The summed E-state index contributed by atoms with van der Waals surface area (Å²) in [5.74, 6) is -2.25. The second-order valence-electron chi connectivity index (χ2n) is 6.44. The summed E-state index contributed by atoms with van der Waals surface area (Å²) in [7, 11) is 0. The van der Waals surface area contributed by atoms with Gasteiger partial charge >= 0.3 is 6.03 Å². The molecule has 0 aliphatic heterocycles. The number of nitrogens with zero attached hydrogens (tertiary/aromatic N) is 1. The summed E-state index contributed by atoms with van der Waals surface area (Å²) in [4.78, 5) is 28.6. The molecular formula is C21H14F2N4O3S. The number of rotatable bonds is 4. The molecule has 0 fully saturated rings. The molecule has 1 aromatic heterocycles. The fourth-order valence-corrected chi connectivity index (χ4v) is 3.65. The molecule has 0 spiro atoms. The number of urea groups is 1. The van der Waals surface area contributed by atoms with Crippen LogP contribution < -0.4 is 16.0 Å². The number of carbonyl (C=O) groups excluding carboxylic acids is 2. The number of carbonyl (C=O) groups is 2. The average Bonchev–Trinajstić information content (AvgIpc) is 3.09. The number of aromatic nitrogens is 1. The predicted octanol–water partition coefficient (Wildman–Crippen LogP) is 5.18. The van der Waals surface area contributed by atoms with Crippen LogP contribution >= 0.6 is 11.3 Å². The standard InChI is InChI=1S/C21H14F2N4O3S/c22-12-7-11(8-13(23)9-12)19(29)24-14-1-3-15(4-2-14)25-20(30)27-21-26-17-6-5-16(28)10-18(17)31-21/h1-10,28H,(H,24,29)(H2,25,26,27,30). The van der Waals surface area contributed by atoms with Gasteiger partial charge in [-0.25, -0.2) is 18.6 Å². The van der Waals surface area contributed by atoms with Crippen molar-refractivity contribution in [3.05, 3.63) is 77.9 Å². The Morgan fingerprint density at radius 1 is 0.839 bits per heavy atom. The van der Waals surface area contributed by atoms with Gasteiger partial charge in [-0.3, -0.25) is 10.1 Å². The van der Waals surface area contributed by atoms with Crippen LogP contribution in [-0.2, 0) is 0 Å². The first-order valence-corrected chi connectivity index (χ1v) is 9.72. The Balaban J connectivity index is 1.37. The topological polar surface area (TPSA) is 103 Å². The lowest BCUT2D eigenvalue weighted by Crippen LogP contribution is -2.19. The van der Waals surface area contributed by atoms with E-state index >= 15 is 0 Å². The number of anilines is 3. The van der Waals surface area contributed by atoms with Crippen molar-refractivity contribution in [3.63, 3.8) is 0 Å². The van der Waals surface area contributed by atoms with Gasteiger partial charge in [0.25, 0.3) is 5.91 Å². The van der Waals surface area contributed by atoms with Crippen LogP contribution in [0.5, 0.6) is 5.75 Å². The van der Waals surface area contributed by atoms with Crippen molar-refractivity contribution in [3.8, 4) is 5.75 Å². The van der Waals surface area contributed by atoms with Crippen molar-refractivity contribution in [1.29, 1.82) is 0 Å². The molecule has 4 rings (SSSR count). The number of fused-ring (bicyclic) bond motifs is 1. The van der Waals surface area contributed by atoms with Crippen molar-refractivity contribution < 1.29 is 23.5 Å². The summed E-state index contributed by atoms with van der Waals surface area (Å²) >= 11 is 1.22. The highest BCUT2D eigenvalue weighted by molar-refractivity contribution is 7.22. The van der Waals surface area contributed by atoms with Gasteiger partial charge < -0.3 is 15.7 Å². The van der Waals surface area contributed by atoms with E-state index in [1.807, 2.05) is 0 Å². The maximum absolute atomic E-state index is 13.3. The summed E-state index contributed by atoms with van der Waals surface area (Å²) in [5.41, 5.74) is 1.33. The molecule has 4 N–H and O–H groups in total. The first-order valence-electron chi connectivity index (χ1n) is 8.91. The van der Waals surface area contributed by atoms with Crippen LogP contribution in [0.2, 0.25) is 0 Å². The molecule has 0 aliphatic carbocycles. The molecule has 0 aliphatic rings. The number of amides is 3. The van der Waals surface area contributed by atoms with Crippen LogP contribution in [0.15, 0.2) is 60.7 Å². The van der Waals surface area contributed by atoms with E-state index in [2.05, 4.69) is 20.9 Å². The molecular weight excluding hydrogens is 426 g/mol. The Hall–Kier alpha value is -4.05. The molecule has 7 nitrogen and oxygen atoms in total. The number of aromatic hydroxyl groups is 1. The lowest BCUT2D eigenvalue weighted by Gasteiger charge is -2.08. The summed E-state index contributed by atoms with van der Waals surface area (Å²) in [5, 5.41) is 17.6. The molecule has 3 amide bonds. The Morgan fingerprint density at radius 3 is 2.16 bits per heavy atom. The molecule has 0 radical (unpaired) electrons. The van der Waals surface area contributed by atoms with Gasteiger partial charge in [-0.05, 0) is 54.6 Å². The van der Waals surface area contributed by atoms with Gasteiger partial charge in [0.05, 0.1) is 10.2 Å². The SMILES string of the molecule is O=C(Nc1ccc(NC(=O)c2cc(F)cc(F)c2)cc1)Nc1nc2ccc(O)cc2s1. The molecule has 156 valence electrons. The van der Waals surface area contributed by atoms with Gasteiger partial charge in [0, 0.05) is 23.0 Å². The zero-order chi connectivity index (χ0) is 22.0. The molecule has 10 heteroatoms. The van der Waals surface area contributed by atoms with Crippen LogP contribution in [0.1, 0.15) is 10.4 Å². The van der Waals surface area contributed by atoms with E-state index < -0.39 is 23.6 Å². The van der Waals surface area contributed by atoms with E-state index in [9.17, 15) is 23.5 Å².